The van der Waals surface area contributed by atoms with Gasteiger partial charge in [0, 0.05) is 36.8 Å². The standard InChI is InChI=1S/C21H18F2N6O/c1-12-25-9-14(10-26-12)13-4-3-5-15(8-13)21(19(30)29(2)20(24)28-21)16-6-7-17(18(22)23)27-11-16/h3-11,18H,1-2H3,(H2,24,28). The number of hydrogen-bond donors (Lipinski definition) is 1. The summed E-state index contributed by atoms with van der Waals surface area (Å²) in [5.41, 5.74) is 6.48. The summed E-state index contributed by atoms with van der Waals surface area (Å²) in [6.07, 6.45) is 1.91. The van der Waals surface area contributed by atoms with E-state index in [-0.39, 0.29) is 11.7 Å². The van der Waals surface area contributed by atoms with Crippen LogP contribution in [0, 0.1) is 6.92 Å². The summed E-state index contributed by atoms with van der Waals surface area (Å²) < 4.78 is 25.9. The lowest BCUT2D eigenvalue weighted by Gasteiger charge is -2.26. The Balaban J connectivity index is 1.89. The molecular formula is C21H18F2N6O. The molecule has 7 nitrogen and oxygen atoms in total. The van der Waals surface area contributed by atoms with Crippen molar-refractivity contribution in [1.29, 1.82) is 0 Å². The van der Waals surface area contributed by atoms with Gasteiger partial charge >= 0.3 is 0 Å². The van der Waals surface area contributed by atoms with Crippen LogP contribution in [0.4, 0.5) is 8.78 Å². The Hall–Kier alpha value is -3.75. The van der Waals surface area contributed by atoms with Crippen LogP contribution < -0.4 is 5.73 Å². The van der Waals surface area contributed by atoms with E-state index in [1.165, 1.54) is 30.3 Å². The molecule has 0 fully saturated rings. The van der Waals surface area contributed by atoms with Crippen molar-refractivity contribution in [2.75, 3.05) is 7.05 Å². The summed E-state index contributed by atoms with van der Waals surface area (Å²) in [4.78, 5) is 31.2. The van der Waals surface area contributed by atoms with Crippen LogP contribution in [0.15, 0.2) is 60.0 Å². The van der Waals surface area contributed by atoms with Gasteiger partial charge in [-0.3, -0.25) is 14.7 Å². The van der Waals surface area contributed by atoms with Gasteiger partial charge in [-0.15, -0.1) is 0 Å². The number of carbonyl (C=O) groups excluding carboxylic acids is 1. The summed E-state index contributed by atoms with van der Waals surface area (Å²) >= 11 is 0. The van der Waals surface area contributed by atoms with Gasteiger partial charge in [-0.05, 0) is 30.2 Å². The van der Waals surface area contributed by atoms with Crippen LogP contribution in [0.25, 0.3) is 11.1 Å². The van der Waals surface area contributed by atoms with Crippen molar-refractivity contribution in [2.45, 2.75) is 18.9 Å². The smallest absolute Gasteiger partial charge is 0.280 e. The third-order valence-electron chi connectivity index (χ3n) is 5.06. The molecule has 2 aromatic heterocycles. The van der Waals surface area contributed by atoms with Gasteiger partial charge in [0.15, 0.2) is 11.5 Å². The Morgan fingerprint density at radius 1 is 1.00 bits per heavy atom. The number of carbonyl (C=O) groups is 1. The molecular weight excluding hydrogens is 390 g/mol. The van der Waals surface area contributed by atoms with Crippen molar-refractivity contribution in [1.82, 2.24) is 19.9 Å². The van der Waals surface area contributed by atoms with Gasteiger partial charge in [-0.1, -0.05) is 24.3 Å². The average Bonchev–Trinajstić information content (AvgIpc) is 2.99. The first kappa shape index (κ1) is 19.6. The highest BCUT2D eigenvalue weighted by molar-refractivity contribution is 6.09. The molecule has 1 amide bonds. The van der Waals surface area contributed by atoms with E-state index in [1.807, 2.05) is 6.07 Å². The number of aromatic nitrogens is 3. The number of aryl methyl sites for hydroxylation is 1. The third kappa shape index (κ3) is 3.08. The van der Waals surface area contributed by atoms with Gasteiger partial charge in [0.25, 0.3) is 12.3 Å². The SMILES string of the molecule is Cc1ncc(-c2cccc(C3(c4ccc(C(F)F)nc4)N=C(N)N(C)C3=O)c2)cn1. The van der Waals surface area contributed by atoms with Gasteiger partial charge in [0.1, 0.15) is 11.5 Å². The molecule has 0 radical (unpaired) electrons. The van der Waals surface area contributed by atoms with E-state index in [4.69, 9.17) is 5.73 Å². The van der Waals surface area contributed by atoms with Crippen LogP contribution in [-0.2, 0) is 10.3 Å². The van der Waals surface area contributed by atoms with E-state index in [2.05, 4.69) is 19.9 Å². The van der Waals surface area contributed by atoms with Crippen LogP contribution in [0.2, 0.25) is 0 Å². The fraction of sp³-hybridized carbons (Fsp3) is 0.190. The minimum Gasteiger partial charge on any atom is -0.369 e. The van der Waals surface area contributed by atoms with Crippen molar-refractivity contribution in [2.24, 2.45) is 10.7 Å². The number of rotatable bonds is 4. The monoisotopic (exact) mass is 408 g/mol. The highest BCUT2D eigenvalue weighted by atomic mass is 19.3. The van der Waals surface area contributed by atoms with E-state index in [0.29, 0.717) is 17.0 Å². The molecule has 1 atom stereocenters. The quantitative estimate of drug-likeness (QED) is 0.716. The average molecular weight is 408 g/mol. The largest absolute Gasteiger partial charge is 0.369 e. The summed E-state index contributed by atoms with van der Waals surface area (Å²) in [5, 5.41) is 0. The van der Waals surface area contributed by atoms with Crippen molar-refractivity contribution in [3.63, 3.8) is 0 Å². The predicted octanol–water partition coefficient (Wildman–Crippen LogP) is 2.81. The van der Waals surface area contributed by atoms with E-state index >= 15 is 0 Å². The van der Waals surface area contributed by atoms with Crippen molar-refractivity contribution in [3.05, 3.63) is 77.6 Å². The fourth-order valence-electron chi connectivity index (χ4n) is 3.40. The highest BCUT2D eigenvalue weighted by Crippen LogP contribution is 2.40. The second kappa shape index (κ2) is 7.25. The lowest BCUT2D eigenvalue weighted by molar-refractivity contribution is -0.129. The molecule has 1 aromatic carbocycles. The Morgan fingerprint density at radius 3 is 2.30 bits per heavy atom. The number of aliphatic imine (C=N–C) groups is 1. The van der Waals surface area contributed by atoms with Gasteiger partial charge in [0.2, 0.25) is 0 Å². The van der Waals surface area contributed by atoms with Gasteiger partial charge in [0.05, 0.1) is 0 Å². The molecule has 3 aromatic rings. The Morgan fingerprint density at radius 2 is 1.73 bits per heavy atom. The molecule has 0 saturated heterocycles. The minimum atomic E-state index is -2.71. The zero-order valence-corrected chi connectivity index (χ0v) is 16.3. The second-order valence-electron chi connectivity index (χ2n) is 6.92. The summed E-state index contributed by atoms with van der Waals surface area (Å²) in [6, 6.07) is 9.81. The fourth-order valence-corrected chi connectivity index (χ4v) is 3.40. The molecule has 4 rings (SSSR count). The minimum absolute atomic E-state index is 0.0296. The molecule has 1 aliphatic rings. The van der Waals surface area contributed by atoms with Crippen LogP contribution in [-0.4, -0.2) is 38.8 Å². The summed E-state index contributed by atoms with van der Waals surface area (Å²) in [6.45, 7) is 1.79. The number of nitrogens with two attached hydrogens (primary N) is 1. The molecule has 30 heavy (non-hydrogen) atoms. The first-order valence-corrected chi connectivity index (χ1v) is 9.10. The number of guanidine groups is 1. The van der Waals surface area contributed by atoms with Crippen molar-refractivity contribution < 1.29 is 13.6 Å². The van der Waals surface area contributed by atoms with Crippen LogP contribution in [0.3, 0.4) is 0 Å². The molecule has 3 heterocycles. The van der Waals surface area contributed by atoms with Gasteiger partial charge in [-0.25, -0.2) is 23.7 Å². The number of nitrogens with zero attached hydrogens (tertiary/aromatic N) is 5. The third-order valence-corrected chi connectivity index (χ3v) is 5.06. The maximum atomic E-state index is 13.3. The van der Waals surface area contributed by atoms with Crippen LogP contribution in [0.5, 0.6) is 0 Å². The lowest BCUT2D eigenvalue weighted by Crippen LogP contribution is -2.41. The van der Waals surface area contributed by atoms with E-state index in [1.54, 1.807) is 37.5 Å². The lowest BCUT2D eigenvalue weighted by atomic mass is 9.82. The number of likely N-dealkylation sites (N-methyl/N-ethyl adjacent to an activating group) is 1. The molecule has 1 aliphatic heterocycles. The number of pyridine rings is 1. The molecule has 0 saturated carbocycles. The first-order valence-electron chi connectivity index (χ1n) is 9.10. The maximum absolute atomic E-state index is 13.3. The highest BCUT2D eigenvalue weighted by Gasteiger charge is 2.49. The number of amides is 1. The van der Waals surface area contributed by atoms with E-state index in [0.717, 1.165) is 11.1 Å². The number of alkyl halides is 2. The molecule has 1 unspecified atom stereocenters. The first-order chi connectivity index (χ1) is 14.3. The zero-order valence-electron chi connectivity index (χ0n) is 16.3. The van der Waals surface area contributed by atoms with E-state index < -0.39 is 17.9 Å². The van der Waals surface area contributed by atoms with E-state index in [9.17, 15) is 13.6 Å². The maximum Gasteiger partial charge on any atom is 0.280 e. The Labute approximate surface area is 171 Å². The summed E-state index contributed by atoms with van der Waals surface area (Å²) in [5.74, 6) is 0.271. The molecule has 0 aliphatic carbocycles. The molecule has 0 spiro atoms. The Kier molecular flexibility index (Phi) is 4.73. The molecule has 2 N–H and O–H groups in total. The van der Waals surface area contributed by atoms with Crippen LogP contribution >= 0.6 is 0 Å². The zero-order chi connectivity index (χ0) is 21.5. The number of halogens is 2. The van der Waals surface area contributed by atoms with Gasteiger partial charge < -0.3 is 5.73 Å². The van der Waals surface area contributed by atoms with Crippen LogP contribution in [0.1, 0.15) is 29.1 Å². The van der Waals surface area contributed by atoms with Crippen molar-refractivity contribution >= 4 is 11.9 Å². The summed E-state index contributed by atoms with van der Waals surface area (Å²) in [7, 11) is 1.52. The van der Waals surface area contributed by atoms with Crippen molar-refractivity contribution in [3.8, 4) is 11.1 Å². The molecule has 0 bridgehead atoms. The predicted molar refractivity (Wildman–Crippen MR) is 107 cm³/mol. The van der Waals surface area contributed by atoms with Gasteiger partial charge in [-0.2, -0.15) is 0 Å². The molecule has 152 valence electrons. The topological polar surface area (TPSA) is 97.4 Å². The Bertz CT molecular complexity index is 1130. The number of hydrogen-bond acceptors (Lipinski definition) is 6. The second-order valence-corrected chi connectivity index (χ2v) is 6.92. The normalized spacial score (nSPS) is 18.8. The molecule has 9 heteroatoms. The number of benzene rings is 1.